The Hall–Kier alpha value is -1.75. The highest BCUT2D eigenvalue weighted by atomic mass is 15.6. The van der Waals surface area contributed by atoms with Crippen LogP contribution in [-0.4, -0.2) is 27.3 Å². The van der Waals surface area contributed by atoms with Crippen LogP contribution in [0.1, 0.15) is 28.6 Å². The molecule has 5 nitrogen and oxygen atoms in total. The van der Waals surface area contributed by atoms with E-state index in [9.17, 15) is 0 Å². The molecule has 18 heavy (non-hydrogen) atoms. The minimum Gasteiger partial charge on any atom is -0.313 e. The zero-order chi connectivity index (χ0) is 13.1. The van der Waals surface area contributed by atoms with Gasteiger partial charge in [0.05, 0.1) is 7.05 Å². The van der Waals surface area contributed by atoms with Gasteiger partial charge in [-0.3, -0.25) is 0 Å². The second-order valence-electron chi connectivity index (χ2n) is 4.66. The van der Waals surface area contributed by atoms with Gasteiger partial charge in [-0.15, -0.1) is 10.2 Å². The van der Waals surface area contributed by atoms with Crippen LogP contribution in [0, 0.1) is 13.8 Å². The lowest BCUT2D eigenvalue weighted by Gasteiger charge is -2.16. The Labute approximate surface area is 107 Å². The molecule has 1 aromatic heterocycles. The molecular formula is C13H19N5. The Morgan fingerprint density at radius 1 is 1.22 bits per heavy atom. The maximum absolute atomic E-state index is 4.22. The average molecular weight is 245 g/mol. The van der Waals surface area contributed by atoms with Crippen molar-refractivity contribution in [2.24, 2.45) is 7.05 Å². The molecule has 2 aromatic rings. The van der Waals surface area contributed by atoms with E-state index in [0.29, 0.717) is 0 Å². The summed E-state index contributed by atoms with van der Waals surface area (Å²) in [5.41, 5.74) is 3.82. The average Bonchev–Trinajstić information content (AvgIpc) is 2.70. The lowest BCUT2D eigenvalue weighted by atomic mass is 9.99. The molecule has 0 aliphatic rings. The van der Waals surface area contributed by atoms with E-state index in [1.54, 1.807) is 7.05 Å². The molecule has 5 heteroatoms. The van der Waals surface area contributed by atoms with Crippen molar-refractivity contribution in [2.75, 3.05) is 7.05 Å². The van der Waals surface area contributed by atoms with E-state index in [-0.39, 0.29) is 6.04 Å². The highest BCUT2D eigenvalue weighted by Gasteiger charge is 2.13. The van der Waals surface area contributed by atoms with Crippen LogP contribution in [0.4, 0.5) is 0 Å². The third-order valence-corrected chi connectivity index (χ3v) is 2.93. The highest BCUT2D eigenvalue weighted by Crippen LogP contribution is 2.19. The first-order valence-corrected chi connectivity index (χ1v) is 6.07. The van der Waals surface area contributed by atoms with Gasteiger partial charge in [0.25, 0.3) is 0 Å². The monoisotopic (exact) mass is 245 g/mol. The van der Waals surface area contributed by atoms with E-state index in [2.05, 4.69) is 52.8 Å². The summed E-state index contributed by atoms with van der Waals surface area (Å²) in [5, 5.41) is 15.4. The van der Waals surface area contributed by atoms with Gasteiger partial charge in [0.1, 0.15) is 0 Å². The van der Waals surface area contributed by atoms with Crippen molar-refractivity contribution in [1.29, 1.82) is 0 Å². The largest absolute Gasteiger partial charge is 0.313 e. The van der Waals surface area contributed by atoms with Crippen LogP contribution in [0.5, 0.6) is 0 Å². The number of aromatic nitrogens is 4. The highest BCUT2D eigenvalue weighted by molar-refractivity contribution is 5.31. The third-order valence-electron chi connectivity index (χ3n) is 2.93. The van der Waals surface area contributed by atoms with E-state index >= 15 is 0 Å². The van der Waals surface area contributed by atoms with Crippen molar-refractivity contribution < 1.29 is 0 Å². The number of tetrazole rings is 1. The van der Waals surface area contributed by atoms with Crippen LogP contribution in [-0.2, 0) is 13.5 Å². The fraction of sp³-hybridized carbons (Fsp3) is 0.462. The van der Waals surface area contributed by atoms with Crippen LogP contribution in [0.15, 0.2) is 18.2 Å². The molecule has 1 N–H and O–H groups in total. The van der Waals surface area contributed by atoms with E-state index in [1.165, 1.54) is 21.5 Å². The normalized spacial score (nSPS) is 12.7. The standard InChI is InChI=1S/C13H19N5/c1-9-5-10(2)7-11(6-9)12(14-3)8-13-15-17-18(4)16-13/h5-7,12,14H,8H2,1-4H3. The molecule has 1 heterocycles. The summed E-state index contributed by atoms with van der Waals surface area (Å²) >= 11 is 0. The summed E-state index contributed by atoms with van der Waals surface area (Å²) in [5.74, 6) is 0.760. The third kappa shape index (κ3) is 2.92. The van der Waals surface area contributed by atoms with Crippen molar-refractivity contribution in [3.8, 4) is 0 Å². The molecule has 1 aromatic carbocycles. The fourth-order valence-electron chi connectivity index (χ4n) is 2.19. The first-order valence-electron chi connectivity index (χ1n) is 6.07. The maximum atomic E-state index is 4.22. The van der Waals surface area contributed by atoms with Crippen LogP contribution >= 0.6 is 0 Å². The predicted octanol–water partition coefficient (Wildman–Crippen LogP) is 1.33. The van der Waals surface area contributed by atoms with Gasteiger partial charge in [0, 0.05) is 12.5 Å². The van der Waals surface area contributed by atoms with Gasteiger partial charge in [-0.1, -0.05) is 29.3 Å². The molecule has 0 saturated carbocycles. The molecule has 1 atom stereocenters. The summed E-state index contributed by atoms with van der Waals surface area (Å²) < 4.78 is 0. The SMILES string of the molecule is CNC(Cc1nnn(C)n1)c1cc(C)cc(C)c1. The zero-order valence-electron chi connectivity index (χ0n) is 11.3. The van der Waals surface area contributed by atoms with Gasteiger partial charge in [-0.05, 0) is 31.7 Å². The first kappa shape index (κ1) is 12.7. The number of hydrogen-bond donors (Lipinski definition) is 1. The van der Waals surface area contributed by atoms with Crippen molar-refractivity contribution in [3.05, 3.63) is 40.7 Å². The van der Waals surface area contributed by atoms with Gasteiger partial charge in [0.15, 0.2) is 5.82 Å². The Bertz CT molecular complexity index is 512. The van der Waals surface area contributed by atoms with Crippen molar-refractivity contribution in [2.45, 2.75) is 26.3 Å². The summed E-state index contributed by atoms with van der Waals surface area (Å²) in [6.07, 6.45) is 0.743. The number of nitrogens with one attached hydrogen (secondary N) is 1. The van der Waals surface area contributed by atoms with Crippen molar-refractivity contribution >= 4 is 0 Å². The lowest BCUT2D eigenvalue weighted by molar-refractivity contribution is 0.569. The van der Waals surface area contributed by atoms with Crippen molar-refractivity contribution in [3.63, 3.8) is 0 Å². The molecule has 0 aliphatic carbocycles. The lowest BCUT2D eigenvalue weighted by Crippen LogP contribution is -2.19. The van der Waals surface area contributed by atoms with Crippen LogP contribution in [0.2, 0.25) is 0 Å². The van der Waals surface area contributed by atoms with Crippen molar-refractivity contribution in [1.82, 2.24) is 25.5 Å². The van der Waals surface area contributed by atoms with Crippen LogP contribution in [0.25, 0.3) is 0 Å². The van der Waals surface area contributed by atoms with Crippen LogP contribution in [0.3, 0.4) is 0 Å². The zero-order valence-corrected chi connectivity index (χ0v) is 11.3. The number of benzene rings is 1. The topological polar surface area (TPSA) is 55.6 Å². The smallest absolute Gasteiger partial charge is 0.176 e. The predicted molar refractivity (Wildman–Crippen MR) is 70.2 cm³/mol. The first-order chi connectivity index (χ1) is 8.58. The quantitative estimate of drug-likeness (QED) is 0.883. The molecule has 96 valence electrons. The number of aryl methyl sites for hydroxylation is 3. The summed E-state index contributed by atoms with van der Waals surface area (Å²) in [4.78, 5) is 1.49. The molecule has 2 rings (SSSR count). The fourth-order valence-corrected chi connectivity index (χ4v) is 2.19. The molecular weight excluding hydrogens is 226 g/mol. The Morgan fingerprint density at radius 3 is 2.39 bits per heavy atom. The summed E-state index contributed by atoms with van der Waals surface area (Å²) in [6.45, 7) is 4.23. The van der Waals surface area contributed by atoms with Gasteiger partial charge in [-0.2, -0.15) is 4.80 Å². The second-order valence-corrected chi connectivity index (χ2v) is 4.66. The summed E-state index contributed by atoms with van der Waals surface area (Å²) in [6, 6.07) is 6.79. The molecule has 0 spiro atoms. The molecule has 0 saturated heterocycles. The Morgan fingerprint density at radius 2 is 1.89 bits per heavy atom. The van der Waals surface area contributed by atoms with E-state index in [1.807, 2.05) is 7.05 Å². The molecule has 0 aliphatic heterocycles. The number of rotatable bonds is 4. The van der Waals surface area contributed by atoms with E-state index in [0.717, 1.165) is 12.2 Å². The Kier molecular flexibility index (Phi) is 3.72. The minimum absolute atomic E-state index is 0.216. The number of likely N-dealkylation sites (N-methyl/N-ethyl adjacent to an activating group) is 1. The molecule has 1 unspecified atom stereocenters. The van der Waals surface area contributed by atoms with Gasteiger partial charge >= 0.3 is 0 Å². The molecule has 0 amide bonds. The molecule has 0 fully saturated rings. The van der Waals surface area contributed by atoms with Gasteiger partial charge in [-0.25, -0.2) is 0 Å². The summed E-state index contributed by atoms with van der Waals surface area (Å²) in [7, 11) is 3.74. The molecule has 0 radical (unpaired) electrons. The van der Waals surface area contributed by atoms with Crippen LogP contribution < -0.4 is 5.32 Å². The number of hydrogen-bond acceptors (Lipinski definition) is 4. The van der Waals surface area contributed by atoms with Gasteiger partial charge < -0.3 is 5.32 Å². The maximum Gasteiger partial charge on any atom is 0.176 e. The molecule has 0 bridgehead atoms. The number of nitrogens with zero attached hydrogens (tertiary/aromatic N) is 4. The minimum atomic E-state index is 0.216. The van der Waals surface area contributed by atoms with E-state index in [4.69, 9.17) is 0 Å². The second kappa shape index (κ2) is 5.27. The Balaban J connectivity index is 2.22. The van der Waals surface area contributed by atoms with E-state index < -0.39 is 0 Å². The van der Waals surface area contributed by atoms with Gasteiger partial charge in [0.2, 0.25) is 0 Å².